The fourth-order valence-electron chi connectivity index (χ4n) is 3.94. The number of thioether (sulfide) groups is 1. The summed E-state index contributed by atoms with van der Waals surface area (Å²) < 4.78 is 29.4. The van der Waals surface area contributed by atoms with Gasteiger partial charge >= 0.3 is 0 Å². The van der Waals surface area contributed by atoms with Crippen molar-refractivity contribution in [2.45, 2.75) is 43.2 Å². The Morgan fingerprint density at radius 1 is 1.06 bits per heavy atom. The van der Waals surface area contributed by atoms with E-state index in [4.69, 9.17) is 0 Å². The first-order valence-electron chi connectivity index (χ1n) is 11.3. The van der Waals surface area contributed by atoms with Gasteiger partial charge in [-0.05, 0) is 50.5 Å². The molecule has 3 aromatic rings. The topological polar surface area (TPSA) is 97.2 Å². The smallest absolute Gasteiger partial charge is 0.243 e. The predicted molar refractivity (Wildman–Crippen MR) is 134 cm³/mol. The summed E-state index contributed by atoms with van der Waals surface area (Å²) >= 11 is 1.28. The van der Waals surface area contributed by atoms with Crippen LogP contribution in [0.2, 0.25) is 0 Å². The molecule has 2 aromatic carbocycles. The van der Waals surface area contributed by atoms with Crippen molar-refractivity contribution in [3.05, 3.63) is 53.6 Å². The van der Waals surface area contributed by atoms with Crippen molar-refractivity contribution < 1.29 is 13.2 Å². The lowest BCUT2D eigenvalue weighted by atomic mass is 10.1. The Balaban J connectivity index is 1.43. The third-order valence-electron chi connectivity index (χ3n) is 5.88. The number of aromatic nitrogens is 3. The van der Waals surface area contributed by atoms with Gasteiger partial charge in [0, 0.05) is 31.4 Å². The van der Waals surface area contributed by atoms with Crippen molar-refractivity contribution in [2.24, 2.45) is 7.05 Å². The van der Waals surface area contributed by atoms with Crippen LogP contribution in [0.25, 0.3) is 11.4 Å². The SMILES string of the molecule is Cc1cccc(-c2nnc(SCC(=O)Nc3cc(S(=O)(=O)N4CCCCC4)ccc3C)n2C)c1. The maximum atomic E-state index is 13.0. The van der Waals surface area contributed by atoms with Gasteiger partial charge in [-0.1, -0.05) is 48.0 Å². The van der Waals surface area contributed by atoms with E-state index in [-0.39, 0.29) is 16.6 Å². The highest BCUT2D eigenvalue weighted by molar-refractivity contribution is 7.99. The quantitative estimate of drug-likeness (QED) is 0.494. The van der Waals surface area contributed by atoms with Gasteiger partial charge in [-0.25, -0.2) is 8.42 Å². The number of hydrogen-bond acceptors (Lipinski definition) is 6. The number of benzene rings is 2. The van der Waals surface area contributed by atoms with Crippen molar-refractivity contribution in [1.82, 2.24) is 19.1 Å². The van der Waals surface area contributed by atoms with Crippen LogP contribution in [0.15, 0.2) is 52.5 Å². The molecule has 180 valence electrons. The Kier molecular flexibility index (Phi) is 7.39. The van der Waals surface area contributed by atoms with Crippen LogP contribution in [0, 0.1) is 13.8 Å². The zero-order valence-corrected chi connectivity index (χ0v) is 21.2. The Morgan fingerprint density at radius 2 is 1.82 bits per heavy atom. The van der Waals surface area contributed by atoms with Crippen LogP contribution in [0.4, 0.5) is 5.69 Å². The molecule has 0 aliphatic carbocycles. The Hall–Kier alpha value is -2.69. The van der Waals surface area contributed by atoms with E-state index >= 15 is 0 Å². The fraction of sp³-hybridized carbons (Fsp3) is 0.375. The molecule has 0 bridgehead atoms. The first-order valence-corrected chi connectivity index (χ1v) is 13.7. The minimum absolute atomic E-state index is 0.127. The number of piperidine rings is 1. The van der Waals surface area contributed by atoms with Gasteiger partial charge in [-0.15, -0.1) is 10.2 Å². The maximum absolute atomic E-state index is 13.0. The van der Waals surface area contributed by atoms with E-state index in [1.165, 1.54) is 16.1 Å². The molecule has 1 N–H and O–H groups in total. The van der Waals surface area contributed by atoms with Gasteiger partial charge in [0.1, 0.15) is 0 Å². The van der Waals surface area contributed by atoms with Gasteiger partial charge in [0.2, 0.25) is 15.9 Å². The highest BCUT2D eigenvalue weighted by atomic mass is 32.2. The van der Waals surface area contributed by atoms with E-state index in [2.05, 4.69) is 15.5 Å². The maximum Gasteiger partial charge on any atom is 0.243 e. The van der Waals surface area contributed by atoms with Gasteiger partial charge in [0.05, 0.1) is 10.6 Å². The molecule has 0 spiro atoms. The summed E-state index contributed by atoms with van der Waals surface area (Å²) in [5, 5.41) is 12.0. The molecule has 0 radical (unpaired) electrons. The number of hydrogen-bond donors (Lipinski definition) is 1. The third kappa shape index (κ3) is 5.34. The third-order valence-corrected chi connectivity index (χ3v) is 8.79. The van der Waals surface area contributed by atoms with Crippen molar-refractivity contribution in [3.8, 4) is 11.4 Å². The van der Waals surface area contributed by atoms with E-state index < -0.39 is 10.0 Å². The largest absolute Gasteiger partial charge is 0.325 e. The first-order chi connectivity index (χ1) is 16.3. The first kappa shape index (κ1) is 24.4. The molecule has 0 unspecified atom stereocenters. The van der Waals surface area contributed by atoms with Gasteiger partial charge in [0.25, 0.3) is 0 Å². The van der Waals surface area contributed by atoms with Crippen molar-refractivity contribution in [2.75, 3.05) is 24.2 Å². The molecule has 4 rings (SSSR count). The normalized spacial score (nSPS) is 14.8. The van der Waals surface area contributed by atoms with Gasteiger partial charge in [0.15, 0.2) is 11.0 Å². The lowest BCUT2D eigenvalue weighted by Crippen LogP contribution is -2.35. The Labute approximate surface area is 204 Å². The molecular formula is C24H29N5O3S2. The summed E-state index contributed by atoms with van der Waals surface area (Å²) in [6.07, 6.45) is 2.80. The zero-order valence-electron chi connectivity index (χ0n) is 19.6. The van der Waals surface area contributed by atoms with Crippen molar-refractivity contribution in [3.63, 3.8) is 0 Å². The molecule has 2 heterocycles. The molecule has 0 saturated carbocycles. The molecule has 8 nitrogen and oxygen atoms in total. The molecule has 10 heteroatoms. The molecule has 0 atom stereocenters. The molecule has 1 aliphatic rings. The van der Waals surface area contributed by atoms with Crippen LogP contribution in [0.1, 0.15) is 30.4 Å². The van der Waals surface area contributed by atoms with Gasteiger partial charge in [-0.2, -0.15) is 4.31 Å². The number of amides is 1. The number of anilines is 1. The van der Waals surface area contributed by atoms with E-state index in [9.17, 15) is 13.2 Å². The van der Waals surface area contributed by atoms with Crippen molar-refractivity contribution in [1.29, 1.82) is 0 Å². The number of carbonyl (C=O) groups is 1. The van der Waals surface area contributed by atoms with Crippen LogP contribution in [0.3, 0.4) is 0 Å². The van der Waals surface area contributed by atoms with Gasteiger partial charge in [-0.3, -0.25) is 4.79 Å². The number of nitrogens with one attached hydrogen (secondary N) is 1. The number of aryl methyl sites for hydroxylation is 2. The highest BCUT2D eigenvalue weighted by Gasteiger charge is 2.26. The summed E-state index contributed by atoms with van der Waals surface area (Å²) in [5.74, 6) is 0.626. The van der Waals surface area contributed by atoms with E-state index in [0.717, 1.165) is 41.8 Å². The standard InChI is InChI=1S/C24H29N5O3S2/c1-17-8-7-9-19(14-17)23-26-27-24(28(23)3)33-16-22(30)25-21-15-20(11-10-18(21)2)34(31,32)29-12-5-4-6-13-29/h7-11,14-15H,4-6,12-13,16H2,1-3H3,(H,25,30). The molecular weight excluding hydrogens is 470 g/mol. The summed E-state index contributed by atoms with van der Waals surface area (Å²) in [6, 6.07) is 12.9. The summed E-state index contributed by atoms with van der Waals surface area (Å²) in [7, 11) is -1.70. The Morgan fingerprint density at radius 3 is 2.56 bits per heavy atom. The number of rotatable bonds is 7. The number of nitrogens with zero attached hydrogens (tertiary/aromatic N) is 4. The molecule has 1 aromatic heterocycles. The van der Waals surface area contributed by atoms with E-state index in [1.54, 1.807) is 18.2 Å². The van der Waals surface area contributed by atoms with Crippen molar-refractivity contribution >= 4 is 33.4 Å². The summed E-state index contributed by atoms with van der Waals surface area (Å²) in [6.45, 7) is 4.94. The van der Waals surface area contributed by atoms with Crippen LogP contribution in [0.5, 0.6) is 0 Å². The second kappa shape index (κ2) is 10.3. The molecule has 34 heavy (non-hydrogen) atoms. The average molecular weight is 500 g/mol. The average Bonchev–Trinajstić information content (AvgIpc) is 3.20. The summed E-state index contributed by atoms with van der Waals surface area (Å²) in [5.41, 5.74) is 3.40. The van der Waals surface area contributed by atoms with Crippen LogP contribution in [-0.2, 0) is 21.9 Å². The lowest BCUT2D eigenvalue weighted by molar-refractivity contribution is -0.113. The number of sulfonamides is 1. The predicted octanol–water partition coefficient (Wildman–Crippen LogP) is 4.00. The fourth-order valence-corrected chi connectivity index (χ4v) is 6.20. The summed E-state index contributed by atoms with van der Waals surface area (Å²) in [4.78, 5) is 12.9. The van der Waals surface area contributed by atoms with Gasteiger partial charge < -0.3 is 9.88 Å². The van der Waals surface area contributed by atoms with E-state index in [0.29, 0.717) is 23.9 Å². The minimum atomic E-state index is -3.57. The highest BCUT2D eigenvalue weighted by Crippen LogP contribution is 2.26. The molecule has 1 saturated heterocycles. The van der Waals surface area contributed by atoms with E-state index in [1.807, 2.05) is 49.7 Å². The molecule has 1 aliphatic heterocycles. The second-order valence-electron chi connectivity index (χ2n) is 8.51. The second-order valence-corrected chi connectivity index (χ2v) is 11.4. The zero-order chi connectivity index (χ0) is 24.3. The Bertz CT molecular complexity index is 1300. The molecule has 1 amide bonds. The monoisotopic (exact) mass is 499 g/mol. The van der Waals surface area contributed by atoms with Crippen LogP contribution in [-0.4, -0.2) is 52.2 Å². The number of carbonyl (C=O) groups excluding carboxylic acids is 1. The van der Waals surface area contributed by atoms with Crippen LogP contribution >= 0.6 is 11.8 Å². The van der Waals surface area contributed by atoms with Crippen LogP contribution < -0.4 is 5.32 Å². The lowest BCUT2D eigenvalue weighted by Gasteiger charge is -2.26. The minimum Gasteiger partial charge on any atom is -0.325 e. The molecule has 1 fully saturated rings.